The smallest absolute Gasteiger partial charge is 0.331 e. The van der Waals surface area contributed by atoms with Crippen LogP contribution in [0.1, 0.15) is 50.5 Å². The molecule has 0 aliphatic carbocycles. The fraction of sp³-hybridized carbons (Fsp3) is 0.235. The molecular weight excluding hydrogens is 1240 g/mol. The Morgan fingerprint density at radius 2 is 0.531 bits per heavy atom. The Morgan fingerprint density at radius 3 is 0.719 bits per heavy atom. The number of aliphatic hydroxyl groups excluding tert-OH is 4. The van der Waals surface area contributed by atoms with Crippen LogP contribution in [0.3, 0.4) is 0 Å². The molecule has 14 N–H and O–H groups in total. The number of rotatable bonds is 20. The summed E-state index contributed by atoms with van der Waals surface area (Å²) < 4.78 is 19.4. The Labute approximate surface area is 548 Å². The number of urea groups is 4. The first kappa shape index (κ1) is 68.6. The van der Waals surface area contributed by atoms with Gasteiger partial charge in [-0.3, -0.25) is 0 Å². The second-order valence-corrected chi connectivity index (χ2v) is 22.0. The minimum Gasteiger partial charge on any atom is -0.467 e. The lowest BCUT2D eigenvalue weighted by Gasteiger charge is -2.20. The molecule has 4 aromatic carbocycles. The van der Waals surface area contributed by atoms with E-state index in [1.165, 1.54) is 27.7 Å². The van der Waals surface area contributed by atoms with Gasteiger partial charge in [0.1, 0.15) is 0 Å². The number of hydrogen-bond acceptors (Lipinski definition) is 18. The average molecular weight is 1310 g/mol. The fourth-order valence-electron chi connectivity index (χ4n) is 10.8. The molecule has 3 aromatic heterocycles. The highest BCUT2D eigenvalue weighted by atomic mass is 16.5. The number of methoxy groups -OCH3 is 4. The number of carbonyl (C=O) groups is 8. The van der Waals surface area contributed by atoms with Crippen molar-refractivity contribution in [2.45, 2.75) is 76.3 Å². The number of para-hydroxylation sites is 4. The highest BCUT2D eigenvalue weighted by Gasteiger charge is 2.32. The first-order valence-corrected chi connectivity index (χ1v) is 29.9. The molecule has 8 bridgehead atoms. The Balaban J connectivity index is 1.38. The second-order valence-electron chi connectivity index (χ2n) is 22.0. The highest BCUT2D eigenvalue weighted by Crippen LogP contribution is 2.43. The van der Waals surface area contributed by atoms with E-state index in [0.29, 0.717) is 89.4 Å². The Bertz CT molecular complexity index is 3860. The molecule has 0 saturated heterocycles. The molecule has 28 heteroatoms. The summed E-state index contributed by atoms with van der Waals surface area (Å²) in [6.07, 6.45) is 1.46. The summed E-state index contributed by atoms with van der Waals surface area (Å²) in [4.78, 5) is 125. The Hall–Kier alpha value is -11.7. The van der Waals surface area contributed by atoms with Crippen molar-refractivity contribution in [2.24, 2.45) is 0 Å². The normalized spacial score (nSPS) is 14.0. The van der Waals surface area contributed by atoms with E-state index in [0.717, 1.165) is 28.4 Å². The summed E-state index contributed by atoms with van der Waals surface area (Å²) >= 11 is 0. The van der Waals surface area contributed by atoms with E-state index in [4.69, 9.17) is 28.9 Å². The molecule has 0 unspecified atom stereocenters. The highest BCUT2D eigenvalue weighted by molar-refractivity contribution is 6.08. The lowest BCUT2D eigenvalue weighted by molar-refractivity contribution is -0.146. The van der Waals surface area contributed by atoms with Crippen LogP contribution < -0.4 is 42.5 Å². The van der Waals surface area contributed by atoms with Crippen LogP contribution in [0.2, 0.25) is 0 Å². The van der Waals surface area contributed by atoms with Crippen LogP contribution in [0, 0.1) is 0 Å². The van der Waals surface area contributed by atoms with Crippen molar-refractivity contribution in [1.29, 1.82) is 0 Å². The van der Waals surface area contributed by atoms with Gasteiger partial charge in [0.15, 0.2) is 24.2 Å². The molecular formula is C68H70N12O16. The third kappa shape index (κ3) is 15.3. The quantitative estimate of drug-likeness (QED) is 0.0259. The maximum atomic E-state index is 14.0. The average Bonchev–Trinajstić information content (AvgIpc) is 1.60. The molecule has 96 heavy (non-hydrogen) atoms. The molecule has 498 valence electrons. The monoisotopic (exact) mass is 1310 g/mol. The number of ether oxygens (including phenoxy) is 4. The van der Waals surface area contributed by atoms with Crippen LogP contribution in [0.5, 0.6) is 0 Å². The number of benzene rings is 4. The van der Waals surface area contributed by atoms with Gasteiger partial charge >= 0.3 is 48.0 Å². The largest absolute Gasteiger partial charge is 0.467 e. The number of aliphatic hydroxyl groups is 4. The van der Waals surface area contributed by atoms with E-state index in [-0.39, 0.29) is 22.7 Å². The molecule has 8 amide bonds. The van der Waals surface area contributed by atoms with Crippen LogP contribution in [-0.2, 0) is 38.1 Å². The number of nitrogens with one attached hydrogen (secondary N) is 10. The lowest BCUT2D eigenvalue weighted by Crippen LogP contribution is -2.49. The molecule has 8 atom stereocenters. The summed E-state index contributed by atoms with van der Waals surface area (Å²) in [5.74, 6) is -3.61. The first-order valence-electron chi connectivity index (χ1n) is 29.9. The number of carbonyl (C=O) groups excluding carboxylic acids is 8. The number of fused-ring (bicyclic) bond motifs is 8. The number of amides is 8. The van der Waals surface area contributed by atoms with Gasteiger partial charge in [-0.25, -0.2) is 48.3 Å². The van der Waals surface area contributed by atoms with E-state index in [2.05, 4.69) is 52.5 Å². The molecule has 7 aromatic rings. The van der Waals surface area contributed by atoms with Crippen molar-refractivity contribution in [1.82, 2.24) is 41.2 Å². The fourth-order valence-corrected chi connectivity index (χ4v) is 10.8. The van der Waals surface area contributed by atoms with Crippen LogP contribution in [0.25, 0.3) is 90.9 Å². The van der Waals surface area contributed by atoms with Crippen molar-refractivity contribution >= 4 is 117 Å². The maximum Gasteiger partial charge on any atom is 0.331 e. The van der Waals surface area contributed by atoms with Crippen molar-refractivity contribution in [3.63, 3.8) is 0 Å². The number of esters is 4. The lowest BCUT2D eigenvalue weighted by atomic mass is 10.0. The van der Waals surface area contributed by atoms with Crippen LogP contribution in [0.4, 0.5) is 41.9 Å². The number of aromatic amines is 2. The van der Waals surface area contributed by atoms with E-state index in [9.17, 15) is 58.8 Å². The summed E-state index contributed by atoms with van der Waals surface area (Å²) in [7, 11) is 4.46. The van der Waals surface area contributed by atoms with Crippen molar-refractivity contribution in [3.8, 4) is 44.5 Å². The Morgan fingerprint density at radius 1 is 0.333 bits per heavy atom. The molecule has 0 spiro atoms. The van der Waals surface area contributed by atoms with Crippen molar-refractivity contribution in [2.75, 3.05) is 49.7 Å². The Kier molecular flexibility index (Phi) is 21.7. The second kappa shape index (κ2) is 30.4. The van der Waals surface area contributed by atoms with Crippen molar-refractivity contribution in [3.05, 3.63) is 144 Å². The summed E-state index contributed by atoms with van der Waals surface area (Å²) in [6.45, 7) is 5.26. The summed E-state index contributed by atoms with van der Waals surface area (Å²) in [5.41, 5.74) is 6.53. The zero-order chi connectivity index (χ0) is 69.1. The topological polar surface area (TPSA) is 408 Å². The predicted octanol–water partition coefficient (Wildman–Crippen LogP) is 7.50. The standard InChI is InChI=1S/C68H70N12O16/c1-33(81)57(61(85)93-5)77-65(89)73-41-21-13-9-17-37(41)53-45-25-27-47(69-45)54(38-18-10-14-22-42(38)74-66(90)78-58(34(2)82)62(86)94-6)49-29-31-51(71-49)56(40-20-12-16-24-44(40)76-68(92)80-60(36(4)84)64(88)96-8)52-32-30-50(72-52)55(48-28-26-46(53)70-48)39-19-11-15-23-43(39)75-67(91)79-59(35(3)83)63(87)95-7/h9-36,57-60,69,72,81-84H,1-8H3,(H2,73,77,89)(H2,74,78,90)(H2,75,79,91)(H2,76,80,92)/t33-,34-,35-,36-,57+,58+,59+,60+/m1/s1. The zero-order valence-corrected chi connectivity index (χ0v) is 53.1. The third-order valence-electron chi connectivity index (χ3n) is 15.4. The molecule has 2 aliphatic rings. The molecule has 0 radical (unpaired) electrons. The number of hydrogen-bond donors (Lipinski definition) is 14. The first-order chi connectivity index (χ1) is 46.0. The van der Waals surface area contributed by atoms with Gasteiger partial charge in [0, 0.05) is 66.6 Å². The summed E-state index contributed by atoms with van der Waals surface area (Å²) in [6, 6.07) is 24.5. The van der Waals surface area contributed by atoms with E-state index < -0.39 is 96.6 Å². The van der Waals surface area contributed by atoms with Gasteiger partial charge in [0.2, 0.25) is 0 Å². The third-order valence-corrected chi connectivity index (χ3v) is 15.4. The minimum atomic E-state index is -1.47. The molecule has 0 saturated carbocycles. The molecule has 28 nitrogen and oxygen atoms in total. The van der Waals surface area contributed by atoms with Gasteiger partial charge in [-0.2, -0.15) is 0 Å². The van der Waals surface area contributed by atoms with E-state index in [1.54, 1.807) is 146 Å². The molecule has 2 aliphatic heterocycles. The van der Waals surface area contributed by atoms with Gasteiger partial charge in [-0.05, 0) is 101 Å². The van der Waals surface area contributed by atoms with Gasteiger partial charge in [-0.1, -0.05) is 72.8 Å². The van der Waals surface area contributed by atoms with Gasteiger partial charge in [-0.15, -0.1) is 0 Å². The van der Waals surface area contributed by atoms with Gasteiger partial charge < -0.3 is 91.9 Å². The molecule has 0 fully saturated rings. The van der Waals surface area contributed by atoms with E-state index in [1.807, 2.05) is 0 Å². The summed E-state index contributed by atoms with van der Waals surface area (Å²) in [5, 5.41) is 63.4. The minimum absolute atomic E-state index is 0.201. The van der Waals surface area contributed by atoms with Crippen molar-refractivity contribution < 1.29 is 77.7 Å². The van der Waals surface area contributed by atoms with Crippen LogP contribution in [-0.4, -0.2) is 165 Å². The van der Waals surface area contributed by atoms with Gasteiger partial charge in [0.05, 0.1) is 98.4 Å². The van der Waals surface area contributed by atoms with Crippen LogP contribution >= 0.6 is 0 Å². The van der Waals surface area contributed by atoms with E-state index >= 15 is 0 Å². The SMILES string of the molecule is COC(=O)[C@@H](NC(=O)Nc1ccccc1-c1c2nc(c(-c3ccccc3NC(=O)N[C@H](C(=O)OC)[C@@H](C)O)c3ccc([nH]3)c(-c3ccccc3NC(=O)N[C@H](C(=O)OC)[C@@H](C)O)c3nc(c(-c4ccccc4NC(=O)N[C@H](C(=O)OC)[C@@H](C)O)c4ccc1[nH]4)C=C3)C=C2)[C@@H](C)O. The van der Waals surface area contributed by atoms with Gasteiger partial charge in [0.25, 0.3) is 0 Å². The molecule has 9 rings (SSSR count). The number of nitrogens with zero attached hydrogens (tertiary/aromatic N) is 2. The number of aromatic nitrogens is 4. The van der Waals surface area contributed by atoms with Crippen LogP contribution in [0.15, 0.2) is 121 Å². The predicted molar refractivity (Wildman–Crippen MR) is 359 cm³/mol. The maximum absolute atomic E-state index is 14.0. The zero-order valence-electron chi connectivity index (χ0n) is 53.1. The number of H-pyrrole nitrogens is 2. The number of anilines is 4. The molecule has 5 heterocycles.